The molecule has 0 spiro atoms. The Morgan fingerprint density at radius 1 is 0.833 bits per heavy atom. The van der Waals surface area contributed by atoms with Gasteiger partial charge in [-0.2, -0.15) is 0 Å². The third-order valence-electron chi connectivity index (χ3n) is 2.07. The van der Waals surface area contributed by atoms with E-state index in [-0.39, 0.29) is 33.0 Å². The molecule has 4 N–H and O–H groups in total. The molecule has 0 bridgehead atoms. The molecule has 0 rings (SSSR count). The number of aliphatic hydroxyl groups is 4. The maximum atomic E-state index is 9.15. The van der Waals surface area contributed by atoms with Gasteiger partial charge in [0.15, 0.2) is 0 Å². The predicted molar refractivity (Wildman–Crippen MR) is 63.2 cm³/mol. The third-order valence-corrected chi connectivity index (χ3v) is 2.07. The fourth-order valence-corrected chi connectivity index (χ4v) is 1.08. The molecule has 0 saturated heterocycles. The molecule has 0 aromatic heterocycles. The van der Waals surface area contributed by atoms with Crippen molar-refractivity contribution in [2.45, 2.75) is 25.2 Å². The molecule has 7 heteroatoms. The molecule has 18 heavy (non-hydrogen) atoms. The molecular formula is C11H24O7. The third kappa shape index (κ3) is 9.72. The zero-order chi connectivity index (χ0) is 13.8. The van der Waals surface area contributed by atoms with Crippen molar-refractivity contribution in [3.05, 3.63) is 0 Å². The van der Waals surface area contributed by atoms with Crippen molar-refractivity contribution in [1.82, 2.24) is 0 Å². The second-order valence-electron chi connectivity index (χ2n) is 3.83. The Bertz CT molecular complexity index is 179. The first-order chi connectivity index (χ1) is 8.63. The molecule has 110 valence electrons. The van der Waals surface area contributed by atoms with Crippen LogP contribution in [0.25, 0.3) is 0 Å². The van der Waals surface area contributed by atoms with E-state index in [2.05, 4.69) is 0 Å². The van der Waals surface area contributed by atoms with E-state index in [1.807, 2.05) is 6.92 Å². The lowest BCUT2D eigenvalue weighted by Crippen LogP contribution is -2.32. The van der Waals surface area contributed by atoms with E-state index in [1.165, 1.54) is 0 Å². The summed E-state index contributed by atoms with van der Waals surface area (Å²) in [5.74, 6) is 0. The first-order valence-electron chi connectivity index (χ1n) is 5.98. The summed E-state index contributed by atoms with van der Waals surface area (Å²) in [4.78, 5) is 0. The van der Waals surface area contributed by atoms with Crippen molar-refractivity contribution in [3.63, 3.8) is 0 Å². The highest BCUT2D eigenvalue weighted by Crippen LogP contribution is 1.98. The van der Waals surface area contributed by atoms with E-state index in [0.717, 1.165) is 0 Å². The highest BCUT2D eigenvalue weighted by Gasteiger charge is 2.13. The van der Waals surface area contributed by atoms with Crippen LogP contribution in [-0.2, 0) is 14.2 Å². The second kappa shape index (κ2) is 11.8. The standard InChI is InChI=1S/C11H24O7/c1-2-16-7-11(18-6-10(15)4-13)8-17-5-9(14)3-12/h9-15H,2-8H2,1H3. The summed E-state index contributed by atoms with van der Waals surface area (Å²) in [5, 5.41) is 35.5. The zero-order valence-corrected chi connectivity index (χ0v) is 10.7. The lowest BCUT2D eigenvalue weighted by Gasteiger charge is -2.20. The number of rotatable bonds is 12. The minimum Gasteiger partial charge on any atom is -0.394 e. The van der Waals surface area contributed by atoms with Gasteiger partial charge < -0.3 is 34.6 Å². The molecule has 0 radical (unpaired) electrons. The molecule has 3 unspecified atom stereocenters. The van der Waals surface area contributed by atoms with E-state index in [9.17, 15) is 0 Å². The van der Waals surface area contributed by atoms with Gasteiger partial charge >= 0.3 is 0 Å². The molecule has 7 nitrogen and oxygen atoms in total. The van der Waals surface area contributed by atoms with Crippen molar-refractivity contribution >= 4 is 0 Å². The van der Waals surface area contributed by atoms with Crippen molar-refractivity contribution in [2.24, 2.45) is 0 Å². The molecule has 0 aromatic carbocycles. The molecular weight excluding hydrogens is 244 g/mol. The molecule has 0 heterocycles. The number of hydrogen-bond acceptors (Lipinski definition) is 7. The van der Waals surface area contributed by atoms with E-state index in [0.29, 0.717) is 13.2 Å². The average Bonchev–Trinajstić information content (AvgIpc) is 2.40. The Morgan fingerprint density at radius 2 is 1.39 bits per heavy atom. The fourth-order valence-electron chi connectivity index (χ4n) is 1.08. The van der Waals surface area contributed by atoms with Gasteiger partial charge in [-0.3, -0.25) is 0 Å². The minimum absolute atomic E-state index is 0.00500. The monoisotopic (exact) mass is 268 g/mol. The highest BCUT2D eigenvalue weighted by atomic mass is 16.6. The van der Waals surface area contributed by atoms with Crippen LogP contribution in [-0.4, -0.2) is 85.0 Å². The normalized spacial score (nSPS) is 16.5. The fraction of sp³-hybridized carbons (Fsp3) is 1.00. The maximum absolute atomic E-state index is 9.15. The van der Waals surface area contributed by atoms with Crippen LogP contribution in [0.4, 0.5) is 0 Å². The lowest BCUT2D eigenvalue weighted by molar-refractivity contribution is -0.0964. The van der Waals surface area contributed by atoms with E-state index >= 15 is 0 Å². The molecule has 0 aliphatic heterocycles. The summed E-state index contributed by atoms with van der Waals surface area (Å²) in [5.41, 5.74) is 0. The first kappa shape index (κ1) is 17.7. The van der Waals surface area contributed by atoms with Crippen LogP contribution in [0.5, 0.6) is 0 Å². The Labute approximate surface area is 107 Å². The van der Waals surface area contributed by atoms with Gasteiger partial charge in [-0.15, -0.1) is 0 Å². The zero-order valence-electron chi connectivity index (χ0n) is 10.7. The quantitative estimate of drug-likeness (QED) is 0.328. The maximum Gasteiger partial charge on any atom is 0.104 e. The van der Waals surface area contributed by atoms with Gasteiger partial charge in [0.2, 0.25) is 0 Å². The van der Waals surface area contributed by atoms with Crippen LogP contribution >= 0.6 is 0 Å². The van der Waals surface area contributed by atoms with Gasteiger partial charge in [0, 0.05) is 6.61 Å². The predicted octanol–water partition coefficient (Wildman–Crippen LogP) is -1.87. The SMILES string of the molecule is CCOCC(COCC(O)CO)OCC(O)CO. The lowest BCUT2D eigenvalue weighted by atomic mass is 10.3. The Balaban J connectivity index is 3.83. The Kier molecular flexibility index (Phi) is 11.6. The van der Waals surface area contributed by atoms with Crippen LogP contribution in [0.15, 0.2) is 0 Å². The van der Waals surface area contributed by atoms with E-state index in [4.69, 9.17) is 34.6 Å². The van der Waals surface area contributed by atoms with Crippen LogP contribution in [0.1, 0.15) is 6.92 Å². The second-order valence-corrected chi connectivity index (χ2v) is 3.83. The molecule has 0 fully saturated rings. The van der Waals surface area contributed by atoms with Crippen molar-refractivity contribution in [1.29, 1.82) is 0 Å². The molecule has 0 aromatic rings. The summed E-state index contributed by atoms with van der Waals surface area (Å²) in [6.45, 7) is 2.10. The minimum atomic E-state index is -0.933. The summed E-state index contributed by atoms with van der Waals surface area (Å²) in [6.07, 6.45) is -2.24. The Morgan fingerprint density at radius 3 is 1.94 bits per heavy atom. The number of hydrogen-bond donors (Lipinski definition) is 4. The van der Waals surface area contributed by atoms with Gasteiger partial charge in [0.25, 0.3) is 0 Å². The van der Waals surface area contributed by atoms with Crippen LogP contribution in [0.3, 0.4) is 0 Å². The Hall–Kier alpha value is -0.280. The summed E-state index contributed by atoms with van der Waals surface area (Å²) >= 11 is 0. The largest absolute Gasteiger partial charge is 0.394 e. The number of aliphatic hydroxyl groups excluding tert-OH is 4. The summed E-state index contributed by atoms with van der Waals surface area (Å²) in [7, 11) is 0. The first-order valence-corrected chi connectivity index (χ1v) is 5.98. The van der Waals surface area contributed by atoms with Gasteiger partial charge in [-0.25, -0.2) is 0 Å². The van der Waals surface area contributed by atoms with Gasteiger partial charge in [0.05, 0.1) is 39.6 Å². The van der Waals surface area contributed by atoms with Gasteiger partial charge in [-0.1, -0.05) is 0 Å². The average molecular weight is 268 g/mol. The molecule has 0 aliphatic rings. The van der Waals surface area contributed by atoms with E-state index in [1.54, 1.807) is 0 Å². The molecule has 0 saturated carbocycles. The number of ether oxygens (including phenoxy) is 3. The van der Waals surface area contributed by atoms with Crippen molar-refractivity contribution < 1.29 is 34.6 Å². The summed E-state index contributed by atoms with van der Waals surface area (Å²) < 4.78 is 15.6. The molecule has 0 aliphatic carbocycles. The molecule has 3 atom stereocenters. The van der Waals surface area contributed by atoms with Gasteiger partial charge in [0.1, 0.15) is 18.3 Å². The van der Waals surface area contributed by atoms with Crippen LogP contribution in [0, 0.1) is 0 Å². The van der Waals surface area contributed by atoms with Crippen molar-refractivity contribution in [2.75, 3.05) is 46.2 Å². The molecule has 0 amide bonds. The van der Waals surface area contributed by atoms with Gasteiger partial charge in [-0.05, 0) is 6.92 Å². The smallest absolute Gasteiger partial charge is 0.104 e. The summed E-state index contributed by atoms with van der Waals surface area (Å²) in [6, 6.07) is 0. The van der Waals surface area contributed by atoms with Crippen molar-refractivity contribution in [3.8, 4) is 0 Å². The van der Waals surface area contributed by atoms with E-state index < -0.39 is 18.3 Å². The highest BCUT2D eigenvalue weighted by molar-refractivity contribution is 4.60. The van der Waals surface area contributed by atoms with Crippen LogP contribution < -0.4 is 0 Å². The topological polar surface area (TPSA) is 109 Å². The van der Waals surface area contributed by atoms with Crippen LogP contribution in [0.2, 0.25) is 0 Å².